The van der Waals surface area contributed by atoms with Crippen LogP contribution in [0.5, 0.6) is 0 Å². The lowest BCUT2D eigenvalue weighted by Gasteiger charge is -2.23. The highest BCUT2D eigenvalue weighted by Crippen LogP contribution is 2.29. The van der Waals surface area contributed by atoms with Crippen molar-refractivity contribution in [3.8, 4) is 0 Å². The van der Waals surface area contributed by atoms with Crippen molar-refractivity contribution in [2.45, 2.75) is 12.6 Å². The van der Waals surface area contributed by atoms with Crippen LogP contribution in [0.4, 0.5) is 19.0 Å². The number of amides is 1. The molecule has 0 aromatic carbocycles. The molecule has 1 fully saturated rings. The summed E-state index contributed by atoms with van der Waals surface area (Å²) in [4.78, 5) is 20.6. The number of carbonyl (C=O) groups is 1. The first-order valence-corrected chi connectivity index (χ1v) is 8.87. The van der Waals surface area contributed by atoms with Gasteiger partial charge >= 0.3 is 6.18 Å². The van der Waals surface area contributed by atoms with Crippen molar-refractivity contribution in [2.24, 2.45) is 0 Å². The fourth-order valence-corrected chi connectivity index (χ4v) is 3.69. The second-order valence-electron chi connectivity index (χ2n) is 5.64. The highest BCUT2D eigenvalue weighted by atomic mass is 35.5. The number of hydrogen-bond donors (Lipinski definition) is 0. The summed E-state index contributed by atoms with van der Waals surface area (Å²) in [5.41, 5.74) is -0.766. The number of rotatable bonds is 2. The Morgan fingerprint density at radius 2 is 1.92 bits per heavy atom. The Morgan fingerprint density at radius 3 is 2.52 bits per heavy atom. The number of aromatic nitrogens is 1. The third kappa shape index (κ3) is 4.24. The van der Waals surface area contributed by atoms with E-state index in [2.05, 4.69) is 4.98 Å². The number of anilines is 1. The van der Waals surface area contributed by atoms with Gasteiger partial charge in [-0.05, 0) is 30.7 Å². The van der Waals surface area contributed by atoms with Crippen molar-refractivity contribution in [2.75, 3.05) is 31.1 Å². The lowest BCUT2D eigenvalue weighted by atomic mass is 10.2. The SMILES string of the molecule is O=C(c1ccc(Cl)s1)N1CCCN(c2ccc(C(F)(F)F)cn2)CC1. The number of hydrogen-bond acceptors (Lipinski definition) is 4. The van der Waals surface area contributed by atoms with Crippen molar-refractivity contribution in [3.05, 3.63) is 45.2 Å². The summed E-state index contributed by atoms with van der Waals surface area (Å²) in [7, 11) is 0. The summed E-state index contributed by atoms with van der Waals surface area (Å²) < 4.78 is 38.4. The van der Waals surface area contributed by atoms with Crippen molar-refractivity contribution in [3.63, 3.8) is 0 Å². The minimum absolute atomic E-state index is 0.0703. The predicted molar refractivity (Wildman–Crippen MR) is 91.3 cm³/mol. The first-order chi connectivity index (χ1) is 11.8. The molecule has 9 heteroatoms. The first kappa shape index (κ1) is 18.0. The summed E-state index contributed by atoms with van der Waals surface area (Å²) >= 11 is 7.11. The molecule has 4 nitrogen and oxygen atoms in total. The molecule has 0 atom stereocenters. The molecular formula is C16H15ClF3N3OS. The molecule has 3 heterocycles. The van der Waals surface area contributed by atoms with Crippen LogP contribution >= 0.6 is 22.9 Å². The minimum atomic E-state index is -4.39. The van der Waals surface area contributed by atoms with E-state index >= 15 is 0 Å². The molecule has 1 amide bonds. The average molecular weight is 390 g/mol. The standard InChI is InChI=1S/C16H15ClF3N3OS/c17-13-4-3-12(25-13)15(24)23-7-1-6-22(8-9-23)14-5-2-11(10-21-14)16(18,19)20/h2-5,10H,1,6-9H2. The molecule has 2 aromatic rings. The molecule has 0 saturated carbocycles. The van der Waals surface area contributed by atoms with Crippen LogP contribution in [-0.4, -0.2) is 42.0 Å². The van der Waals surface area contributed by atoms with E-state index in [-0.39, 0.29) is 5.91 Å². The van der Waals surface area contributed by atoms with Crippen molar-refractivity contribution in [1.82, 2.24) is 9.88 Å². The van der Waals surface area contributed by atoms with E-state index in [1.807, 2.05) is 4.90 Å². The molecule has 1 aliphatic rings. The van der Waals surface area contributed by atoms with Crippen LogP contribution < -0.4 is 4.90 Å². The van der Waals surface area contributed by atoms with Crippen LogP contribution in [0.2, 0.25) is 4.34 Å². The van der Waals surface area contributed by atoms with E-state index < -0.39 is 11.7 Å². The van der Waals surface area contributed by atoms with E-state index in [0.717, 1.165) is 12.3 Å². The molecule has 134 valence electrons. The summed E-state index contributed by atoms with van der Waals surface area (Å²) in [6.07, 6.45) is -2.83. The van der Waals surface area contributed by atoms with Crippen molar-refractivity contribution in [1.29, 1.82) is 0 Å². The number of pyridine rings is 1. The Hall–Kier alpha value is -1.80. The van der Waals surface area contributed by atoms with Gasteiger partial charge in [-0.15, -0.1) is 11.3 Å². The minimum Gasteiger partial charge on any atom is -0.355 e. The molecule has 1 saturated heterocycles. The monoisotopic (exact) mass is 389 g/mol. The Balaban J connectivity index is 1.66. The number of thiophene rings is 1. The molecule has 0 radical (unpaired) electrons. The highest BCUT2D eigenvalue weighted by Gasteiger charge is 2.31. The second-order valence-corrected chi connectivity index (χ2v) is 7.35. The van der Waals surface area contributed by atoms with Gasteiger partial charge in [-0.25, -0.2) is 4.98 Å². The van der Waals surface area contributed by atoms with Gasteiger partial charge in [0.15, 0.2) is 0 Å². The first-order valence-electron chi connectivity index (χ1n) is 7.67. The summed E-state index contributed by atoms with van der Waals surface area (Å²) in [5.74, 6) is 0.417. The molecule has 0 spiro atoms. The number of carbonyl (C=O) groups excluding carboxylic acids is 1. The molecule has 1 aliphatic heterocycles. The third-order valence-corrected chi connectivity index (χ3v) is 5.19. The summed E-state index contributed by atoms with van der Waals surface area (Å²) in [6, 6.07) is 5.80. The van der Waals surface area contributed by atoms with Crippen LogP contribution in [0.25, 0.3) is 0 Å². The Morgan fingerprint density at radius 1 is 1.12 bits per heavy atom. The smallest absolute Gasteiger partial charge is 0.355 e. The molecule has 0 unspecified atom stereocenters. The fraction of sp³-hybridized carbons (Fsp3) is 0.375. The molecule has 0 N–H and O–H groups in total. The zero-order valence-electron chi connectivity index (χ0n) is 13.1. The van der Waals surface area contributed by atoms with Gasteiger partial charge in [0.1, 0.15) is 5.82 Å². The van der Waals surface area contributed by atoms with Crippen LogP contribution in [0.3, 0.4) is 0 Å². The molecule has 0 bridgehead atoms. The summed E-state index contributed by atoms with van der Waals surface area (Å²) in [5, 5.41) is 0. The van der Waals surface area contributed by atoms with Gasteiger partial charge in [-0.1, -0.05) is 11.6 Å². The largest absolute Gasteiger partial charge is 0.417 e. The number of halogens is 4. The van der Waals surface area contributed by atoms with Crippen LogP contribution in [0.1, 0.15) is 21.7 Å². The van der Waals surface area contributed by atoms with Crippen LogP contribution in [0, 0.1) is 0 Å². The highest BCUT2D eigenvalue weighted by molar-refractivity contribution is 7.17. The maximum atomic E-state index is 12.6. The van der Waals surface area contributed by atoms with Gasteiger partial charge in [0.2, 0.25) is 0 Å². The third-order valence-electron chi connectivity index (χ3n) is 3.97. The van der Waals surface area contributed by atoms with E-state index in [9.17, 15) is 18.0 Å². The lowest BCUT2D eigenvalue weighted by Crippen LogP contribution is -2.35. The van der Waals surface area contributed by atoms with E-state index in [1.54, 1.807) is 17.0 Å². The Kier molecular flexibility index (Phi) is 5.19. The maximum Gasteiger partial charge on any atom is 0.417 e. The molecule has 3 rings (SSSR count). The topological polar surface area (TPSA) is 36.4 Å². The van der Waals surface area contributed by atoms with Crippen LogP contribution in [-0.2, 0) is 6.18 Å². The lowest BCUT2D eigenvalue weighted by molar-refractivity contribution is -0.137. The van der Waals surface area contributed by atoms with E-state index in [0.29, 0.717) is 47.6 Å². The van der Waals surface area contributed by atoms with Gasteiger partial charge in [0.25, 0.3) is 5.91 Å². The average Bonchev–Trinajstić information content (AvgIpc) is 2.86. The fourth-order valence-electron chi connectivity index (χ4n) is 2.68. The number of alkyl halides is 3. The van der Waals surface area contributed by atoms with Gasteiger partial charge < -0.3 is 9.80 Å². The van der Waals surface area contributed by atoms with E-state index in [1.165, 1.54) is 17.4 Å². The number of nitrogens with zero attached hydrogens (tertiary/aromatic N) is 3. The van der Waals surface area contributed by atoms with Gasteiger partial charge in [-0.3, -0.25) is 4.79 Å². The zero-order valence-corrected chi connectivity index (χ0v) is 14.7. The van der Waals surface area contributed by atoms with E-state index in [4.69, 9.17) is 11.6 Å². The van der Waals surface area contributed by atoms with Crippen LogP contribution in [0.15, 0.2) is 30.5 Å². The maximum absolute atomic E-state index is 12.6. The summed E-state index contributed by atoms with van der Waals surface area (Å²) in [6.45, 7) is 2.22. The zero-order chi connectivity index (χ0) is 18.0. The Labute approximate surface area is 151 Å². The van der Waals surface area contributed by atoms with Gasteiger partial charge in [0.05, 0.1) is 14.8 Å². The van der Waals surface area contributed by atoms with Crippen molar-refractivity contribution < 1.29 is 18.0 Å². The molecule has 0 aliphatic carbocycles. The molecule has 2 aromatic heterocycles. The van der Waals surface area contributed by atoms with Gasteiger partial charge in [-0.2, -0.15) is 13.2 Å². The van der Waals surface area contributed by atoms with Crippen molar-refractivity contribution >= 4 is 34.7 Å². The molecule has 25 heavy (non-hydrogen) atoms. The normalized spacial score (nSPS) is 16.0. The second kappa shape index (κ2) is 7.21. The molecular weight excluding hydrogens is 375 g/mol. The predicted octanol–water partition coefficient (Wildman–Crippen LogP) is 4.17. The van der Waals surface area contributed by atoms with Gasteiger partial charge in [0, 0.05) is 32.4 Å². The quantitative estimate of drug-likeness (QED) is 0.773. The Bertz CT molecular complexity index is 748.